The zero-order chi connectivity index (χ0) is 19.8. The lowest BCUT2D eigenvalue weighted by atomic mass is 9.96. The summed E-state index contributed by atoms with van der Waals surface area (Å²) < 4.78 is 47.0. The van der Waals surface area contributed by atoms with Gasteiger partial charge in [0.2, 0.25) is 0 Å². The molecule has 2 atom stereocenters. The van der Waals surface area contributed by atoms with E-state index in [0.29, 0.717) is 11.3 Å². The minimum absolute atomic E-state index is 0.0644. The maximum absolute atomic E-state index is 13.7. The topological polar surface area (TPSA) is 68.2 Å². The summed E-state index contributed by atoms with van der Waals surface area (Å²) in [5.74, 6) is 0.148. The number of fused-ring (bicyclic) bond motifs is 1. The van der Waals surface area contributed by atoms with Crippen molar-refractivity contribution in [3.63, 3.8) is 0 Å². The Balaban J connectivity index is 2.02. The van der Waals surface area contributed by atoms with Gasteiger partial charge in [-0.3, -0.25) is 4.79 Å². The third kappa shape index (κ3) is 3.86. The fourth-order valence-corrected chi connectivity index (χ4v) is 3.15. The van der Waals surface area contributed by atoms with E-state index in [9.17, 15) is 18.0 Å². The third-order valence-corrected chi connectivity index (χ3v) is 4.40. The number of nitrogens with zero attached hydrogens (tertiary/aromatic N) is 2. The van der Waals surface area contributed by atoms with E-state index in [0.717, 1.165) is 4.68 Å². The molecule has 3 rings (SSSR count). The van der Waals surface area contributed by atoms with Gasteiger partial charge in [-0.1, -0.05) is 12.1 Å². The van der Waals surface area contributed by atoms with Gasteiger partial charge < -0.3 is 15.4 Å². The van der Waals surface area contributed by atoms with Crippen LogP contribution in [0.5, 0.6) is 5.75 Å². The molecule has 27 heavy (non-hydrogen) atoms. The summed E-state index contributed by atoms with van der Waals surface area (Å²) in [6.45, 7) is 3.55. The Morgan fingerprint density at radius 2 is 2.15 bits per heavy atom. The molecule has 0 aliphatic carbocycles. The van der Waals surface area contributed by atoms with E-state index in [1.54, 1.807) is 38.1 Å². The molecule has 6 nitrogen and oxygen atoms in total. The third-order valence-electron chi connectivity index (χ3n) is 4.40. The molecule has 1 aliphatic heterocycles. The molecule has 1 aromatic carbocycles. The molecule has 0 radical (unpaired) electrons. The first-order valence-corrected chi connectivity index (χ1v) is 8.56. The molecule has 9 heteroatoms. The van der Waals surface area contributed by atoms with Crippen molar-refractivity contribution in [3.05, 3.63) is 41.6 Å². The van der Waals surface area contributed by atoms with Crippen molar-refractivity contribution in [3.8, 4) is 5.75 Å². The molecule has 0 unspecified atom stereocenters. The lowest BCUT2D eigenvalue weighted by Gasteiger charge is -2.34. The second-order valence-electron chi connectivity index (χ2n) is 6.75. The first kappa shape index (κ1) is 19.1. The largest absolute Gasteiger partial charge is 0.497 e. The van der Waals surface area contributed by atoms with Crippen LogP contribution >= 0.6 is 0 Å². The van der Waals surface area contributed by atoms with E-state index in [-0.39, 0.29) is 23.8 Å². The minimum Gasteiger partial charge on any atom is -0.497 e. The number of rotatable bonds is 4. The van der Waals surface area contributed by atoms with Crippen LogP contribution in [-0.2, 0) is 0 Å². The number of ether oxygens (including phenoxy) is 1. The van der Waals surface area contributed by atoms with Crippen LogP contribution in [-0.4, -0.2) is 35.0 Å². The number of amides is 1. The van der Waals surface area contributed by atoms with Crippen LogP contribution in [0.25, 0.3) is 0 Å². The van der Waals surface area contributed by atoms with E-state index in [4.69, 9.17) is 4.74 Å². The highest BCUT2D eigenvalue weighted by atomic mass is 19.4. The first-order chi connectivity index (χ1) is 12.7. The number of methoxy groups -OCH3 is 1. The average molecular weight is 382 g/mol. The normalized spacial score (nSPS) is 19.4. The minimum atomic E-state index is -4.49. The van der Waals surface area contributed by atoms with Crippen LogP contribution in [0.1, 0.15) is 48.3 Å². The summed E-state index contributed by atoms with van der Waals surface area (Å²) in [4.78, 5) is 12.4. The number of hydrogen-bond acceptors (Lipinski definition) is 4. The molecule has 146 valence electrons. The van der Waals surface area contributed by atoms with Gasteiger partial charge in [0.05, 0.1) is 19.3 Å². The number of halogens is 3. The SMILES string of the molecule is COc1cccc([C@@H]2C[C@H](C(F)(F)F)n3ncc(C(=O)NC(C)C)c3N2)c1. The molecule has 1 aliphatic rings. The van der Waals surface area contributed by atoms with Gasteiger partial charge in [-0.05, 0) is 31.5 Å². The molecule has 1 aromatic heterocycles. The zero-order valence-corrected chi connectivity index (χ0v) is 15.2. The lowest BCUT2D eigenvalue weighted by molar-refractivity contribution is -0.173. The molecule has 2 N–H and O–H groups in total. The van der Waals surface area contributed by atoms with E-state index in [1.165, 1.54) is 13.3 Å². The van der Waals surface area contributed by atoms with Crippen LogP contribution in [0.2, 0.25) is 0 Å². The average Bonchev–Trinajstić information content (AvgIpc) is 3.03. The van der Waals surface area contributed by atoms with Crippen molar-refractivity contribution in [1.29, 1.82) is 0 Å². The van der Waals surface area contributed by atoms with Crippen molar-refractivity contribution in [2.75, 3.05) is 12.4 Å². The van der Waals surface area contributed by atoms with Crippen molar-refractivity contribution in [1.82, 2.24) is 15.1 Å². The molecule has 0 bridgehead atoms. The van der Waals surface area contributed by atoms with Crippen LogP contribution in [0, 0.1) is 0 Å². The predicted octanol–water partition coefficient (Wildman–Crippen LogP) is 3.69. The van der Waals surface area contributed by atoms with Crippen LogP contribution in [0.15, 0.2) is 30.5 Å². The van der Waals surface area contributed by atoms with Gasteiger partial charge in [0.25, 0.3) is 5.91 Å². The molecular formula is C18H21F3N4O2. The first-order valence-electron chi connectivity index (χ1n) is 8.56. The Kier molecular flexibility index (Phi) is 5.03. The van der Waals surface area contributed by atoms with E-state index >= 15 is 0 Å². The molecule has 0 fully saturated rings. The van der Waals surface area contributed by atoms with Crippen LogP contribution in [0.4, 0.5) is 19.0 Å². The van der Waals surface area contributed by atoms with Gasteiger partial charge in [0.1, 0.15) is 17.1 Å². The molecule has 0 spiro atoms. The zero-order valence-electron chi connectivity index (χ0n) is 15.2. The van der Waals surface area contributed by atoms with E-state index < -0.39 is 24.2 Å². The number of carbonyl (C=O) groups is 1. The lowest BCUT2D eigenvalue weighted by Crippen LogP contribution is -2.37. The Hall–Kier alpha value is -2.71. The summed E-state index contributed by atoms with van der Waals surface area (Å²) in [5, 5.41) is 9.59. The quantitative estimate of drug-likeness (QED) is 0.846. The molecular weight excluding hydrogens is 361 g/mol. The maximum atomic E-state index is 13.7. The van der Waals surface area contributed by atoms with Crippen molar-refractivity contribution in [2.24, 2.45) is 0 Å². The Labute approximate surface area is 154 Å². The van der Waals surface area contributed by atoms with Crippen molar-refractivity contribution < 1.29 is 22.7 Å². The highest BCUT2D eigenvalue weighted by Crippen LogP contribution is 2.44. The number of hydrogen-bond donors (Lipinski definition) is 2. The number of anilines is 1. The fraction of sp³-hybridized carbons (Fsp3) is 0.444. The molecule has 0 saturated heterocycles. The number of aromatic nitrogens is 2. The number of alkyl halides is 3. The van der Waals surface area contributed by atoms with E-state index in [1.807, 2.05) is 0 Å². The van der Waals surface area contributed by atoms with Gasteiger partial charge in [-0.2, -0.15) is 18.3 Å². The van der Waals surface area contributed by atoms with E-state index in [2.05, 4.69) is 15.7 Å². The fourth-order valence-electron chi connectivity index (χ4n) is 3.15. The molecule has 1 amide bonds. The van der Waals surface area contributed by atoms with Gasteiger partial charge in [-0.25, -0.2) is 4.68 Å². The summed E-state index contributed by atoms with van der Waals surface area (Å²) in [6, 6.07) is 4.24. The van der Waals surface area contributed by atoms with Gasteiger partial charge in [0.15, 0.2) is 6.04 Å². The summed E-state index contributed by atoms with van der Waals surface area (Å²) >= 11 is 0. The second-order valence-corrected chi connectivity index (χ2v) is 6.75. The second kappa shape index (κ2) is 7.13. The number of carbonyl (C=O) groups excluding carboxylic acids is 1. The monoisotopic (exact) mass is 382 g/mol. The standard InChI is InChI=1S/C18H21F3N4O2/c1-10(2)23-17(26)13-9-22-25-15(18(19,20)21)8-14(24-16(13)25)11-5-4-6-12(7-11)27-3/h4-7,9-10,14-15,24H,8H2,1-3H3,(H,23,26)/t14-,15+/m0/s1. The maximum Gasteiger partial charge on any atom is 0.410 e. The van der Waals surface area contributed by atoms with Gasteiger partial charge in [-0.15, -0.1) is 0 Å². The highest BCUT2D eigenvalue weighted by molar-refractivity contribution is 5.99. The van der Waals surface area contributed by atoms with Crippen molar-refractivity contribution >= 4 is 11.7 Å². The predicted molar refractivity (Wildman–Crippen MR) is 93.9 cm³/mol. The molecule has 2 aromatic rings. The summed E-state index contributed by atoms with van der Waals surface area (Å²) in [6.07, 6.45) is -3.56. The Bertz CT molecular complexity index is 832. The van der Waals surface area contributed by atoms with Crippen molar-refractivity contribution in [2.45, 2.75) is 44.6 Å². The van der Waals surface area contributed by atoms with Gasteiger partial charge in [0, 0.05) is 12.5 Å². The summed E-state index contributed by atoms with van der Waals surface area (Å²) in [5.41, 5.74) is 0.733. The highest BCUT2D eigenvalue weighted by Gasteiger charge is 2.47. The Morgan fingerprint density at radius 1 is 1.41 bits per heavy atom. The van der Waals surface area contributed by atoms with Crippen LogP contribution in [0.3, 0.4) is 0 Å². The summed E-state index contributed by atoms with van der Waals surface area (Å²) in [7, 11) is 1.50. The van der Waals surface area contributed by atoms with Gasteiger partial charge >= 0.3 is 6.18 Å². The Morgan fingerprint density at radius 3 is 2.78 bits per heavy atom. The molecule has 2 heterocycles. The smallest absolute Gasteiger partial charge is 0.410 e. The van der Waals surface area contributed by atoms with Crippen LogP contribution < -0.4 is 15.4 Å². The number of benzene rings is 1. The molecule has 0 saturated carbocycles. The number of nitrogens with one attached hydrogen (secondary N) is 2.